The second kappa shape index (κ2) is 8.77. The maximum Gasteiger partial charge on any atom is 0.223 e. The topological polar surface area (TPSA) is 57.6 Å². The van der Waals surface area contributed by atoms with Crippen molar-refractivity contribution in [1.82, 2.24) is 4.90 Å². The van der Waals surface area contributed by atoms with Gasteiger partial charge in [0.25, 0.3) is 0 Å². The fourth-order valence-corrected chi connectivity index (χ4v) is 3.49. The predicted molar refractivity (Wildman–Crippen MR) is 101 cm³/mol. The molecule has 1 N–H and O–H groups in total. The molecule has 1 amide bonds. The van der Waals surface area contributed by atoms with Gasteiger partial charge in [-0.2, -0.15) is 0 Å². The maximum absolute atomic E-state index is 12.4. The number of aliphatic hydroxyl groups excluding tert-OH is 1. The molecule has 4 nitrogen and oxygen atoms in total. The van der Waals surface area contributed by atoms with Gasteiger partial charge in [-0.1, -0.05) is 54.6 Å². The van der Waals surface area contributed by atoms with E-state index >= 15 is 0 Å². The van der Waals surface area contributed by atoms with Crippen molar-refractivity contribution >= 4 is 11.7 Å². The highest BCUT2D eigenvalue weighted by molar-refractivity contribution is 5.97. The van der Waals surface area contributed by atoms with E-state index in [2.05, 4.69) is 12.1 Å². The van der Waals surface area contributed by atoms with E-state index < -0.39 is 0 Å². The average molecular weight is 351 g/mol. The molecule has 1 fully saturated rings. The number of rotatable bonds is 7. The molecule has 1 heterocycles. The Morgan fingerprint density at radius 2 is 1.65 bits per heavy atom. The number of amides is 1. The van der Waals surface area contributed by atoms with Gasteiger partial charge in [0.15, 0.2) is 5.78 Å². The first-order valence-electron chi connectivity index (χ1n) is 9.20. The molecule has 4 heteroatoms. The molecular weight excluding hydrogens is 326 g/mol. The Morgan fingerprint density at radius 3 is 2.35 bits per heavy atom. The Labute approximate surface area is 154 Å². The lowest BCUT2D eigenvalue weighted by molar-refractivity contribution is -0.130. The number of carbonyl (C=O) groups excluding carboxylic acids is 2. The van der Waals surface area contributed by atoms with Crippen LogP contribution in [0.2, 0.25) is 0 Å². The van der Waals surface area contributed by atoms with E-state index in [1.165, 1.54) is 5.56 Å². The van der Waals surface area contributed by atoms with Gasteiger partial charge < -0.3 is 10.0 Å². The van der Waals surface area contributed by atoms with Gasteiger partial charge in [0.1, 0.15) is 0 Å². The number of nitrogens with zero attached hydrogens (tertiary/aromatic N) is 1. The van der Waals surface area contributed by atoms with Crippen LogP contribution in [0.3, 0.4) is 0 Å². The average Bonchev–Trinajstić information content (AvgIpc) is 3.15. The Hall–Kier alpha value is -2.46. The summed E-state index contributed by atoms with van der Waals surface area (Å²) >= 11 is 0. The van der Waals surface area contributed by atoms with Crippen LogP contribution in [0.4, 0.5) is 0 Å². The van der Waals surface area contributed by atoms with Crippen molar-refractivity contribution in [1.29, 1.82) is 0 Å². The number of hydrogen-bond donors (Lipinski definition) is 1. The second-order valence-corrected chi connectivity index (χ2v) is 6.96. The molecule has 136 valence electrons. The van der Waals surface area contributed by atoms with Crippen molar-refractivity contribution in [2.45, 2.75) is 32.3 Å². The fraction of sp³-hybridized carbons (Fsp3) is 0.364. The number of benzene rings is 2. The van der Waals surface area contributed by atoms with Crippen LogP contribution in [0.1, 0.15) is 40.7 Å². The lowest BCUT2D eigenvalue weighted by Gasteiger charge is -2.16. The third-order valence-electron chi connectivity index (χ3n) is 5.03. The monoisotopic (exact) mass is 351 g/mol. The minimum absolute atomic E-state index is 0.0265. The summed E-state index contributed by atoms with van der Waals surface area (Å²) in [5, 5.41) is 9.10. The first-order chi connectivity index (χ1) is 12.7. The first kappa shape index (κ1) is 18.3. The van der Waals surface area contributed by atoms with E-state index in [9.17, 15) is 9.59 Å². The largest absolute Gasteiger partial charge is 0.392 e. The molecule has 2 aromatic carbocycles. The third-order valence-corrected chi connectivity index (χ3v) is 5.03. The van der Waals surface area contributed by atoms with Gasteiger partial charge in [-0.15, -0.1) is 0 Å². The molecular formula is C22H25NO3. The van der Waals surface area contributed by atoms with E-state index in [4.69, 9.17) is 5.11 Å². The smallest absolute Gasteiger partial charge is 0.223 e. The standard InChI is InChI=1S/C22H25NO3/c24-16-18-8-6-17(7-9-18)14-19-12-13-23(15-19)22(26)11-10-21(25)20-4-2-1-3-5-20/h1-9,19,24H,10-16H2/t19-/m1/s1. The molecule has 3 rings (SSSR count). The van der Waals surface area contributed by atoms with Crippen molar-refractivity contribution in [3.8, 4) is 0 Å². The zero-order valence-corrected chi connectivity index (χ0v) is 14.9. The molecule has 0 radical (unpaired) electrons. The number of carbonyl (C=O) groups is 2. The highest BCUT2D eigenvalue weighted by atomic mass is 16.3. The molecule has 1 aliphatic rings. The SMILES string of the molecule is O=C(CCC(=O)N1CC[C@H](Cc2ccc(CO)cc2)C1)c1ccccc1. The van der Waals surface area contributed by atoms with Crippen LogP contribution in [0.15, 0.2) is 54.6 Å². The summed E-state index contributed by atoms with van der Waals surface area (Å²) in [7, 11) is 0. The van der Waals surface area contributed by atoms with Crippen LogP contribution in [-0.4, -0.2) is 34.8 Å². The molecule has 0 aliphatic carbocycles. The van der Waals surface area contributed by atoms with E-state index in [-0.39, 0.29) is 31.1 Å². The van der Waals surface area contributed by atoms with Crippen molar-refractivity contribution in [3.05, 3.63) is 71.3 Å². The Kier molecular flexibility index (Phi) is 6.18. The number of hydrogen-bond acceptors (Lipinski definition) is 3. The van der Waals surface area contributed by atoms with Crippen molar-refractivity contribution in [2.24, 2.45) is 5.92 Å². The van der Waals surface area contributed by atoms with Crippen LogP contribution >= 0.6 is 0 Å². The number of aliphatic hydroxyl groups is 1. The van der Waals surface area contributed by atoms with Gasteiger partial charge in [0.2, 0.25) is 5.91 Å². The van der Waals surface area contributed by atoms with Gasteiger partial charge in [0.05, 0.1) is 6.61 Å². The molecule has 0 saturated carbocycles. The summed E-state index contributed by atoms with van der Waals surface area (Å²) in [5.41, 5.74) is 2.83. The molecule has 0 aromatic heterocycles. The van der Waals surface area contributed by atoms with E-state index in [1.54, 1.807) is 12.1 Å². The van der Waals surface area contributed by atoms with Gasteiger partial charge in [-0.25, -0.2) is 0 Å². The number of ketones is 1. The Bertz CT molecular complexity index is 740. The lowest BCUT2D eigenvalue weighted by Crippen LogP contribution is -2.29. The van der Waals surface area contributed by atoms with Gasteiger partial charge >= 0.3 is 0 Å². The summed E-state index contributed by atoms with van der Waals surface area (Å²) in [4.78, 5) is 26.4. The van der Waals surface area contributed by atoms with Gasteiger partial charge in [-0.3, -0.25) is 9.59 Å². The van der Waals surface area contributed by atoms with Crippen LogP contribution < -0.4 is 0 Å². The highest BCUT2D eigenvalue weighted by Crippen LogP contribution is 2.22. The fourth-order valence-electron chi connectivity index (χ4n) is 3.49. The molecule has 1 aliphatic heterocycles. The summed E-state index contributed by atoms with van der Waals surface area (Å²) in [6.07, 6.45) is 2.50. The third kappa shape index (κ3) is 4.79. The van der Waals surface area contributed by atoms with Crippen molar-refractivity contribution in [3.63, 3.8) is 0 Å². The quantitative estimate of drug-likeness (QED) is 0.779. The number of Topliss-reactive ketones (excluding diaryl/α,β-unsaturated/α-hetero) is 1. The van der Waals surface area contributed by atoms with Crippen molar-refractivity contribution in [2.75, 3.05) is 13.1 Å². The normalized spacial score (nSPS) is 16.7. The summed E-state index contributed by atoms with van der Waals surface area (Å²) in [6.45, 7) is 1.60. The molecule has 26 heavy (non-hydrogen) atoms. The van der Waals surface area contributed by atoms with Crippen LogP contribution in [0.25, 0.3) is 0 Å². The van der Waals surface area contributed by atoms with E-state index in [0.717, 1.165) is 31.5 Å². The summed E-state index contributed by atoms with van der Waals surface area (Å²) < 4.78 is 0. The van der Waals surface area contributed by atoms with Crippen LogP contribution in [-0.2, 0) is 17.8 Å². The van der Waals surface area contributed by atoms with Crippen LogP contribution in [0.5, 0.6) is 0 Å². The highest BCUT2D eigenvalue weighted by Gasteiger charge is 2.26. The summed E-state index contributed by atoms with van der Waals surface area (Å²) in [5.74, 6) is 0.565. The van der Waals surface area contributed by atoms with Gasteiger partial charge in [0, 0.05) is 31.5 Å². The molecule has 2 aromatic rings. The molecule has 1 atom stereocenters. The molecule has 0 unspecified atom stereocenters. The zero-order valence-electron chi connectivity index (χ0n) is 14.9. The first-order valence-corrected chi connectivity index (χ1v) is 9.20. The van der Waals surface area contributed by atoms with Crippen LogP contribution in [0, 0.1) is 5.92 Å². The molecule has 0 spiro atoms. The minimum atomic E-state index is 0.0265. The number of likely N-dealkylation sites (tertiary alicyclic amines) is 1. The Balaban J connectivity index is 1.45. The summed E-state index contributed by atoms with van der Waals surface area (Å²) in [6, 6.07) is 17.1. The lowest BCUT2D eigenvalue weighted by atomic mass is 9.98. The molecule has 0 bridgehead atoms. The van der Waals surface area contributed by atoms with E-state index in [1.807, 2.05) is 35.2 Å². The van der Waals surface area contributed by atoms with E-state index in [0.29, 0.717) is 11.5 Å². The Morgan fingerprint density at radius 1 is 0.962 bits per heavy atom. The minimum Gasteiger partial charge on any atom is -0.392 e. The van der Waals surface area contributed by atoms with Crippen molar-refractivity contribution < 1.29 is 14.7 Å². The molecule has 1 saturated heterocycles. The maximum atomic E-state index is 12.4. The predicted octanol–water partition coefficient (Wildman–Crippen LogP) is 3.23. The second-order valence-electron chi connectivity index (χ2n) is 6.96. The van der Waals surface area contributed by atoms with Gasteiger partial charge in [-0.05, 0) is 29.9 Å². The zero-order chi connectivity index (χ0) is 18.4.